The zero-order chi connectivity index (χ0) is 27.7. The Bertz CT molecular complexity index is 1570. The smallest absolute Gasteiger partial charge is 0.310 e. The number of fused-ring (bicyclic) bond motifs is 1. The summed E-state index contributed by atoms with van der Waals surface area (Å²) in [5.41, 5.74) is 4.84. The van der Waals surface area contributed by atoms with Crippen LogP contribution in [0.4, 0.5) is 25.1 Å². The number of hydrogen-bond donors (Lipinski definition) is 1. The molecule has 1 aliphatic heterocycles. The predicted octanol–water partition coefficient (Wildman–Crippen LogP) is 7.61. The molecule has 2 aromatic heterocycles. The van der Waals surface area contributed by atoms with Crippen molar-refractivity contribution < 1.29 is 24.2 Å². The fraction of sp³-hybridized carbons (Fsp3) is 0.286. The van der Waals surface area contributed by atoms with Crippen LogP contribution < -0.4 is 10.2 Å². The van der Waals surface area contributed by atoms with Crippen molar-refractivity contribution in [2.75, 3.05) is 18.0 Å². The van der Waals surface area contributed by atoms with E-state index in [9.17, 15) is 24.2 Å². The van der Waals surface area contributed by atoms with Crippen LogP contribution >= 0.6 is 10.2 Å². The molecule has 1 aliphatic carbocycles. The third kappa shape index (κ3) is 4.84. The maximum absolute atomic E-state index is 13.0. The Morgan fingerprint density at radius 1 is 0.974 bits per heavy atom. The normalized spacial score (nSPS) is 18.8. The first-order valence-electron chi connectivity index (χ1n) is 12.6. The van der Waals surface area contributed by atoms with Gasteiger partial charge in [-0.05, 0) is 73.2 Å². The summed E-state index contributed by atoms with van der Waals surface area (Å²) < 4.78 is 66.5. The third-order valence-electron chi connectivity index (χ3n) is 7.90. The Kier molecular flexibility index (Phi) is 5.24. The molecular weight excluding hydrogens is 535 g/mol. The summed E-state index contributed by atoms with van der Waals surface area (Å²) in [4.78, 5) is 12.9. The second-order valence-corrected chi connectivity index (χ2v) is 13.2. The zero-order valence-electron chi connectivity index (χ0n) is 21.1. The van der Waals surface area contributed by atoms with Crippen molar-refractivity contribution in [1.29, 1.82) is 0 Å². The molecule has 206 valence electrons. The van der Waals surface area contributed by atoms with E-state index in [4.69, 9.17) is 0 Å². The van der Waals surface area contributed by atoms with Crippen molar-refractivity contribution >= 4 is 27.3 Å². The first kappa shape index (κ1) is 25.7. The number of aryl methyl sites for hydroxylation is 1. The number of nitrogens with zero attached hydrogens (tertiary/aromatic N) is 3. The molecule has 3 heterocycles. The first-order valence-corrected chi connectivity index (χ1v) is 14.6. The minimum atomic E-state index is -9.65. The Balaban J connectivity index is 1.01. The summed E-state index contributed by atoms with van der Waals surface area (Å²) in [6.07, 6.45) is 3.75. The molecule has 0 unspecified atom stereocenters. The first-order chi connectivity index (χ1) is 18.2. The van der Waals surface area contributed by atoms with E-state index in [-0.39, 0.29) is 11.3 Å². The molecule has 1 saturated heterocycles. The van der Waals surface area contributed by atoms with Crippen LogP contribution in [0.25, 0.3) is 5.52 Å². The molecule has 39 heavy (non-hydrogen) atoms. The van der Waals surface area contributed by atoms with Gasteiger partial charge in [-0.1, -0.05) is 49.8 Å². The highest BCUT2D eigenvalue weighted by Gasteiger charge is 2.65. The van der Waals surface area contributed by atoms with Gasteiger partial charge in [0.1, 0.15) is 4.90 Å². The fourth-order valence-corrected chi connectivity index (χ4v) is 6.57. The fourth-order valence-electron chi connectivity index (χ4n) is 5.92. The summed E-state index contributed by atoms with van der Waals surface area (Å²) in [5, 5.41) is 7.36. The molecule has 11 heteroatoms. The Morgan fingerprint density at radius 3 is 2.28 bits per heavy atom. The van der Waals surface area contributed by atoms with Gasteiger partial charge in [0.05, 0.1) is 16.8 Å². The van der Waals surface area contributed by atoms with Gasteiger partial charge in [-0.2, -0.15) is 5.10 Å². The number of nitrogens with one attached hydrogen (secondary N) is 1. The lowest BCUT2D eigenvalue weighted by Gasteiger charge is -2.60. The van der Waals surface area contributed by atoms with Crippen LogP contribution in [-0.4, -0.2) is 28.6 Å². The van der Waals surface area contributed by atoms with Crippen LogP contribution in [0.3, 0.4) is 0 Å². The van der Waals surface area contributed by atoms with Gasteiger partial charge in [0, 0.05) is 36.9 Å². The van der Waals surface area contributed by atoms with E-state index in [1.807, 2.05) is 48.4 Å². The number of pyridine rings is 1. The zero-order valence-corrected chi connectivity index (χ0v) is 21.9. The monoisotopic (exact) mass is 562 g/mol. The highest BCUT2D eigenvalue weighted by Crippen LogP contribution is 3.02. The molecule has 0 radical (unpaired) electrons. The van der Waals surface area contributed by atoms with Gasteiger partial charge in [-0.3, -0.25) is 4.79 Å². The second kappa shape index (κ2) is 7.97. The number of carbonyl (C=O) groups excluding carboxylic acids is 1. The van der Waals surface area contributed by atoms with Crippen molar-refractivity contribution in [2.45, 2.75) is 37.1 Å². The van der Waals surface area contributed by atoms with Crippen molar-refractivity contribution in [2.24, 2.45) is 5.41 Å². The average Bonchev–Trinajstić information content (AvgIpc) is 3.16. The summed E-state index contributed by atoms with van der Waals surface area (Å²) in [6.45, 7) is 3.61. The number of amides is 1. The van der Waals surface area contributed by atoms with E-state index < -0.39 is 15.1 Å². The Morgan fingerprint density at radius 2 is 1.64 bits per heavy atom. The lowest BCUT2D eigenvalue weighted by molar-refractivity contribution is 0.0633. The SMILES string of the molecule is Cc1nn2ccccc2c1C(=O)NCc1ccc(C2CC3(C2)CN(c2ccc(S(F)(F)(F)(F)F)cc2)C3)cc1. The molecule has 4 aromatic rings. The van der Waals surface area contributed by atoms with Crippen LogP contribution in [0.2, 0.25) is 0 Å². The van der Waals surface area contributed by atoms with Crippen molar-refractivity contribution in [3.05, 3.63) is 95.3 Å². The van der Waals surface area contributed by atoms with E-state index >= 15 is 0 Å². The molecule has 6 rings (SSSR count). The van der Waals surface area contributed by atoms with E-state index in [1.165, 1.54) is 5.56 Å². The molecular formula is C28H27F5N4OS. The number of aromatic nitrogens is 2. The Hall–Kier alpha value is -3.60. The second-order valence-electron chi connectivity index (χ2n) is 10.8. The Labute approximate surface area is 222 Å². The quantitative estimate of drug-likeness (QED) is 0.246. The number of benzene rings is 2. The van der Waals surface area contributed by atoms with Crippen molar-refractivity contribution in [3.8, 4) is 0 Å². The molecule has 2 aromatic carbocycles. The molecule has 2 aliphatic rings. The minimum Gasteiger partial charge on any atom is -0.370 e. The van der Waals surface area contributed by atoms with Gasteiger partial charge in [0.2, 0.25) is 0 Å². The van der Waals surface area contributed by atoms with E-state index in [1.54, 1.807) is 4.52 Å². The van der Waals surface area contributed by atoms with Crippen LogP contribution in [0.15, 0.2) is 77.8 Å². The van der Waals surface area contributed by atoms with Crippen LogP contribution in [0.5, 0.6) is 0 Å². The minimum absolute atomic E-state index is 0.113. The maximum atomic E-state index is 13.0. The van der Waals surface area contributed by atoms with Crippen LogP contribution in [0, 0.1) is 12.3 Å². The highest BCUT2D eigenvalue weighted by atomic mass is 32.5. The van der Waals surface area contributed by atoms with Gasteiger partial charge < -0.3 is 10.2 Å². The largest absolute Gasteiger partial charge is 0.370 e. The van der Waals surface area contributed by atoms with Crippen molar-refractivity contribution in [1.82, 2.24) is 14.9 Å². The standard InChI is InChI=1S/C28H27F5N4OS/c1-19-26(25-4-2-3-13-37(25)35-19)27(38)34-16-20-5-7-21(8-6-20)22-14-28(15-22)17-36(18-28)23-9-11-24(12-10-23)39(29,30,31,32)33/h2-13,22H,14-18H2,1H3,(H,34,38). The molecule has 5 nitrogen and oxygen atoms in total. The molecule has 0 atom stereocenters. The average molecular weight is 563 g/mol. The topological polar surface area (TPSA) is 49.6 Å². The third-order valence-corrected chi connectivity index (χ3v) is 9.07. The summed E-state index contributed by atoms with van der Waals surface area (Å²) in [6, 6.07) is 17.0. The van der Waals surface area contributed by atoms with Crippen LogP contribution in [0.1, 0.15) is 45.9 Å². The summed E-state index contributed by atoms with van der Waals surface area (Å²) in [7, 11) is -9.65. The van der Waals surface area contributed by atoms with E-state index in [0.717, 1.165) is 36.1 Å². The molecule has 2 fully saturated rings. The summed E-state index contributed by atoms with van der Waals surface area (Å²) >= 11 is 0. The number of halogens is 5. The van der Waals surface area contributed by atoms with Crippen molar-refractivity contribution in [3.63, 3.8) is 0 Å². The van der Waals surface area contributed by atoms with Gasteiger partial charge in [0.15, 0.2) is 0 Å². The molecule has 1 spiro atoms. The molecule has 0 bridgehead atoms. The molecule has 1 N–H and O–H groups in total. The molecule has 1 amide bonds. The maximum Gasteiger partial charge on any atom is 0.310 e. The van der Waals surface area contributed by atoms with Gasteiger partial charge >= 0.3 is 10.2 Å². The highest BCUT2D eigenvalue weighted by molar-refractivity contribution is 8.45. The lowest BCUT2D eigenvalue weighted by atomic mass is 9.56. The molecule has 1 saturated carbocycles. The van der Waals surface area contributed by atoms with Gasteiger partial charge in [0.25, 0.3) is 5.91 Å². The number of anilines is 1. The van der Waals surface area contributed by atoms with Gasteiger partial charge in [-0.25, -0.2) is 4.52 Å². The number of rotatable bonds is 6. The van der Waals surface area contributed by atoms with E-state index in [2.05, 4.69) is 22.5 Å². The predicted molar refractivity (Wildman–Crippen MR) is 142 cm³/mol. The van der Waals surface area contributed by atoms with E-state index in [0.29, 0.717) is 54.6 Å². The summed E-state index contributed by atoms with van der Waals surface area (Å²) in [5.74, 6) is 0.226. The number of hydrogen-bond acceptors (Lipinski definition) is 3. The van der Waals surface area contributed by atoms with Gasteiger partial charge in [-0.15, -0.1) is 0 Å². The van der Waals surface area contributed by atoms with Crippen LogP contribution in [-0.2, 0) is 6.54 Å². The number of carbonyl (C=O) groups is 1. The lowest BCUT2D eigenvalue weighted by Crippen LogP contribution is -2.61.